The molecular weight excluding hydrogens is 312 g/mol. The molecule has 1 saturated carbocycles. The van der Waals surface area contributed by atoms with Crippen molar-refractivity contribution in [2.45, 2.75) is 56.9 Å². The zero-order valence-electron chi connectivity index (χ0n) is 13.8. The quantitative estimate of drug-likeness (QED) is 0.857. The highest BCUT2D eigenvalue weighted by atomic mass is 32.2. The predicted molar refractivity (Wildman–Crippen MR) is 89.9 cm³/mol. The van der Waals surface area contributed by atoms with Gasteiger partial charge < -0.3 is 9.84 Å². The van der Waals surface area contributed by atoms with Gasteiger partial charge in [0.1, 0.15) is 0 Å². The maximum Gasteiger partial charge on any atom is 0.246 e. The molecule has 3 rings (SSSR count). The summed E-state index contributed by atoms with van der Waals surface area (Å²) >= 11 is 1.65. The smallest absolute Gasteiger partial charge is 0.246 e. The Hall–Kier alpha value is -1.08. The number of thioether (sulfide) groups is 1. The maximum atomic E-state index is 12.4. The molecule has 1 aromatic rings. The molecule has 6 nitrogen and oxygen atoms in total. The van der Waals surface area contributed by atoms with Gasteiger partial charge in [-0.1, -0.05) is 18.0 Å². The fraction of sp³-hybridized carbons (Fsp3) is 0.812. The van der Waals surface area contributed by atoms with Crippen LogP contribution in [0.1, 0.15) is 50.2 Å². The van der Waals surface area contributed by atoms with Gasteiger partial charge in [0.05, 0.1) is 18.2 Å². The van der Waals surface area contributed by atoms with E-state index in [0.717, 1.165) is 31.7 Å². The molecule has 0 aromatic carbocycles. The Labute approximate surface area is 141 Å². The number of carbonyl (C=O) groups is 1. The van der Waals surface area contributed by atoms with E-state index >= 15 is 0 Å². The number of hydrogen-bond acceptors (Lipinski definition) is 6. The van der Waals surface area contributed by atoms with E-state index in [1.165, 1.54) is 25.7 Å². The first-order valence-electron chi connectivity index (χ1n) is 8.58. The summed E-state index contributed by atoms with van der Waals surface area (Å²) in [5, 5.41) is 6.86. The zero-order chi connectivity index (χ0) is 16.1. The molecular formula is C16H26N4O2S. The number of rotatable bonds is 6. The molecule has 2 heterocycles. The Kier molecular flexibility index (Phi) is 5.94. The number of likely N-dealkylation sites (tertiary alicyclic amines) is 1. The van der Waals surface area contributed by atoms with Gasteiger partial charge in [0, 0.05) is 12.6 Å². The van der Waals surface area contributed by atoms with E-state index in [1.54, 1.807) is 11.8 Å². The summed E-state index contributed by atoms with van der Waals surface area (Å²) in [7, 11) is 0. The summed E-state index contributed by atoms with van der Waals surface area (Å²) in [4.78, 5) is 19.2. The van der Waals surface area contributed by atoms with Gasteiger partial charge >= 0.3 is 0 Å². The van der Waals surface area contributed by atoms with Crippen LogP contribution in [0.3, 0.4) is 0 Å². The average Bonchev–Trinajstić information content (AvgIpc) is 3.25. The van der Waals surface area contributed by atoms with Gasteiger partial charge in [0.2, 0.25) is 11.8 Å². The van der Waals surface area contributed by atoms with Crippen molar-refractivity contribution in [3.05, 3.63) is 11.7 Å². The van der Waals surface area contributed by atoms with Crippen molar-refractivity contribution in [3.63, 3.8) is 0 Å². The van der Waals surface area contributed by atoms with Crippen LogP contribution in [0.4, 0.5) is 0 Å². The molecule has 1 N–H and O–H groups in total. The summed E-state index contributed by atoms with van der Waals surface area (Å²) < 4.78 is 5.16. The van der Waals surface area contributed by atoms with Crippen molar-refractivity contribution >= 4 is 17.7 Å². The molecule has 1 amide bonds. The normalized spacial score (nSPS) is 23.3. The first-order chi connectivity index (χ1) is 11.3. The predicted octanol–water partition coefficient (Wildman–Crippen LogP) is 2.20. The lowest BCUT2D eigenvalue weighted by Gasteiger charge is -2.36. The fourth-order valence-corrected chi connectivity index (χ4v) is 4.05. The minimum absolute atomic E-state index is 0.0953. The van der Waals surface area contributed by atoms with Gasteiger partial charge in [-0.05, 0) is 38.5 Å². The lowest BCUT2D eigenvalue weighted by Crippen LogP contribution is -2.46. The van der Waals surface area contributed by atoms with Gasteiger partial charge in [-0.2, -0.15) is 16.7 Å². The summed E-state index contributed by atoms with van der Waals surface area (Å²) in [5.74, 6) is 2.13. The molecule has 7 heteroatoms. The molecule has 1 aromatic heterocycles. The minimum atomic E-state index is 0.0953. The van der Waals surface area contributed by atoms with Crippen LogP contribution < -0.4 is 5.32 Å². The van der Waals surface area contributed by atoms with Gasteiger partial charge in [-0.3, -0.25) is 9.69 Å². The zero-order valence-corrected chi connectivity index (χ0v) is 14.6. The third kappa shape index (κ3) is 4.47. The van der Waals surface area contributed by atoms with E-state index in [0.29, 0.717) is 24.3 Å². The second-order valence-corrected chi connectivity index (χ2v) is 7.39. The van der Waals surface area contributed by atoms with Crippen LogP contribution in [0.15, 0.2) is 4.52 Å². The van der Waals surface area contributed by atoms with Crippen LogP contribution >= 0.6 is 11.8 Å². The van der Waals surface area contributed by atoms with Crippen LogP contribution in [0.5, 0.6) is 0 Å². The Balaban J connectivity index is 1.47. The van der Waals surface area contributed by atoms with Crippen molar-refractivity contribution in [2.75, 3.05) is 19.3 Å². The molecule has 23 heavy (non-hydrogen) atoms. The first-order valence-corrected chi connectivity index (χ1v) is 9.98. The van der Waals surface area contributed by atoms with E-state index in [4.69, 9.17) is 4.52 Å². The Morgan fingerprint density at radius 1 is 1.35 bits per heavy atom. The van der Waals surface area contributed by atoms with Crippen molar-refractivity contribution in [2.24, 2.45) is 5.92 Å². The van der Waals surface area contributed by atoms with Gasteiger partial charge in [-0.25, -0.2) is 0 Å². The third-order valence-corrected chi connectivity index (χ3v) is 5.41. The molecule has 1 atom stereocenters. The number of nitrogens with zero attached hydrogens (tertiary/aromatic N) is 3. The maximum absolute atomic E-state index is 12.4. The van der Waals surface area contributed by atoms with Crippen molar-refractivity contribution < 1.29 is 9.32 Å². The number of amides is 1. The number of nitrogens with one attached hydrogen (secondary N) is 1. The van der Waals surface area contributed by atoms with E-state index in [9.17, 15) is 4.79 Å². The SMILES string of the molecule is CSCc1noc(CNC(=O)C2CCCN(C3CCCC3)C2)n1. The molecule has 2 fully saturated rings. The summed E-state index contributed by atoms with van der Waals surface area (Å²) in [6.07, 6.45) is 9.38. The number of aromatic nitrogens is 2. The fourth-order valence-electron chi connectivity index (χ4n) is 3.68. The standard InChI is InChI=1S/C16H26N4O2S/c1-23-11-14-18-15(22-19-14)9-17-16(21)12-5-4-8-20(10-12)13-6-2-3-7-13/h12-13H,2-11H2,1H3,(H,17,21). The molecule has 1 aliphatic heterocycles. The molecule has 0 bridgehead atoms. The lowest BCUT2D eigenvalue weighted by molar-refractivity contribution is -0.127. The van der Waals surface area contributed by atoms with Crippen molar-refractivity contribution in [1.29, 1.82) is 0 Å². The highest BCUT2D eigenvalue weighted by Crippen LogP contribution is 2.28. The van der Waals surface area contributed by atoms with E-state index in [2.05, 4.69) is 20.4 Å². The van der Waals surface area contributed by atoms with Gasteiger partial charge in [-0.15, -0.1) is 0 Å². The molecule has 0 spiro atoms. The van der Waals surface area contributed by atoms with E-state index in [1.807, 2.05) is 6.26 Å². The second-order valence-electron chi connectivity index (χ2n) is 6.53. The highest BCUT2D eigenvalue weighted by molar-refractivity contribution is 7.97. The van der Waals surface area contributed by atoms with E-state index < -0.39 is 0 Å². The van der Waals surface area contributed by atoms with E-state index in [-0.39, 0.29) is 11.8 Å². The van der Waals surface area contributed by atoms with Crippen LogP contribution in [0, 0.1) is 5.92 Å². The monoisotopic (exact) mass is 338 g/mol. The number of hydrogen-bond donors (Lipinski definition) is 1. The van der Waals surface area contributed by atoms with Crippen LogP contribution in [0.2, 0.25) is 0 Å². The lowest BCUT2D eigenvalue weighted by atomic mass is 9.95. The second kappa shape index (κ2) is 8.15. The topological polar surface area (TPSA) is 71.3 Å². The Morgan fingerprint density at radius 2 is 2.17 bits per heavy atom. The van der Waals surface area contributed by atoms with Crippen LogP contribution in [-0.2, 0) is 17.1 Å². The Morgan fingerprint density at radius 3 is 2.96 bits per heavy atom. The first kappa shape index (κ1) is 16.8. The largest absolute Gasteiger partial charge is 0.347 e. The third-order valence-electron chi connectivity index (χ3n) is 4.86. The number of piperidine rings is 1. The molecule has 0 radical (unpaired) electrons. The summed E-state index contributed by atoms with van der Waals surface area (Å²) in [5.41, 5.74) is 0. The summed E-state index contributed by atoms with van der Waals surface area (Å²) in [6.45, 7) is 2.38. The average molecular weight is 338 g/mol. The Bertz CT molecular complexity index is 516. The highest BCUT2D eigenvalue weighted by Gasteiger charge is 2.31. The molecule has 1 aliphatic carbocycles. The van der Waals surface area contributed by atoms with Gasteiger partial charge in [0.15, 0.2) is 5.82 Å². The molecule has 2 aliphatic rings. The minimum Gasteiger partial charge on any atom is -0.347 e. The summed E-state index contributed by atoms with van der Waals surface area (Å²) in [6, 6.07) is 0.704. The van der Waals surface area contributed by atoms with Crippen LogP contribution in [-0.4, -0.2) is 46.3 Å². The molecule has 1 saturated heterocycles. The van der Waals surface area contributed by atoms with Crippen LogP contribution in [0.25, 0.3) is 0 Å². The van der Waals surface area contributed by atoms with Crippen molar-refractivity contribution in [3.8, 4) is 0 Å². The van der Waals surface area contributed by atoms with Crippen molar-refractivity contribution in [1.82, 2.24) is 20.4 Å². The van der Waals surface area contributed by atoms with Gasteiger partial charge in [0.25, 0.3) is 0 Å². The molecule has 1 unspecified atom stereocenters. The molecule has 128 valence electrons. The number of carbonyl (C=O) groups excluding carboxylic acids is 1.